The van der Waals surface area contributed by atoms with Crippen molar-refractivity contribution in [1.29, 1.82) is 0 Å². The van der Waals surface area contributed by atoms with Crippen LogP contribution in [0.1, 0.15) is 13.8 Å². The number of nitrogens with zero attached hydrogens (tertiary/aromatic N) is 1. The molecule has 1 aliphatic heterocycles. The quantitative estimate of drug-likeness (QED) is 0.932. The van der Waals surface area contributed by atoms with Gasteiger partial charge in [-0.05, 0) is 32.0 Å². The summed E-state index contributed by atoms with van der Waals surface area (Å²) < 4.78 is 5.49. The van der Waals surface area contributed by atoms with Gasteiger partial charge in [-0.15, -0.1) is 0 Å². The van der Waals surface area contributed by atoms with Crippen LogP contribution in [0.4, 0.5) is 0 Å². The minimum Gasteiger partial charge on any atom is -0.482 e. The highest BCUT2D eigenvalue weighted by atomic mass is 35.5. The van der Waals surface area contributed by atoms with Crippen LogP contribution in [-0.4, -0.2) is 42.6 Å². The van der Waals surface area contributed by atoms with Crippen molar-refractivity contribution in [3.8, 4) is 5.75 Å². The van der Waals surface area contributed by atoms with E-state index in [2.05, 4.69) is 12.2 Å². The molecular formula is C14H18Cl2N2O2. The Hall–Kier alpha value is -0.970. The lowest BCUT2D eigenvalue weighted by Crippen LogP contribution is -2.58. The Bertz CT molecular complexity index is 496. The molecule has 1 aliphatic rings. The van der Waals surface area contributed by atoms with E-state index in [0.717, 1.165) is 6.54 Å². The van der Waals surface area contributed by atoms with E-state index in [1.807, 2.05) is 11.8 Å². The van der Waals surface area contributed by atoms with Crippen molar-refractivity contribution in [3.63, 3.8) is 0 Å². The molecule has 1 N–H and O–H groups in total. The van der Waals surface area contributed by atoms with Crippen LogP contribution in [0.25, 0.3) is 0 Å². The van der Waals surface area contributed by atoms with Gasteiger partial charge in [0.05, 0.1) is 5.02 Å². The number of carbonyl (C=O) groups is 1. The maximum absolute atomic E-state index is 12.2. The van der Waals surface area contributed by atoms with Gasteiger partial charge in [-0.3, -0.25) is 4.79 Å². The number of carbonyl (C=O) groups excluding carboxylic acids is 1. The van der Waals surface area contributed by atoms with Crippen molar-refractivity contribution >= 4 is 29.1 Å². The summed E-state index contributed by atoms with van der Waals surface area (Å²) in [7, 11) is 0. The van der Waals surface area contributed by atoms with E-state index in [4.69, 9.17) is 27.9 Å². The number of halogens is 2. The lowest BCUT2D eigenvalue weighted by atomic mass is 10.1. The zero-order chi connectivity index (χ0) is 14.7. The predicted molar refractivity (Wildman–Crippen MR) is 80.6 cm³/mol. The second-order valence-corrected chi connectivity index (χ2v) is 5.78. The first-order valence-corrected chi connectivity index (χ1v) is 7.35. The highest BCUT2D eigenvalue weighted by Gasteiger charge is 2.28. The average molecular weight is 317 g/mol. The number of rotatable bonds is 3. The molecule has 2 atom stereocenters. The van der Waals surface area contributed by atoms with Crippen molar-refractivity contribution in [3.05, 3.63) is 28.2 Å². The number of ether oxygens (including phenoxy) is 1. The van der Waals surface area contributed by atoms with Gasteiger partial charge in [-0.25, -0.2) is 0 Å². The van der Waals surface area contributed by atoms with Crippen LogP contribution in [0.5, 0.6) is 5.75 Å². The summed E-state index contributed by atoms with van der Waals surface area (Å²) in [6, 6.07) is 5.38. The van der Waals surface area contributed by atoms with E-state index in [9.17, 15) is 4.79 Å². The van der Waals surface area contributed by atoms with Crippen LogP contribution in [0.2, 0.25) is 10.0 Å². The van der Waals surface area contributed by atoms with Crippen LogP contribution < -0.4 is 10.1 Å². The SMILES string of the molecule is CC1NCCN(C(=O)COc2ccc(Cl)cc2Cl)C1C. The second kappa shape index (κ2) is 6.66. The summed E-state index contributed by atoms with van der Waals surface area (Å²) in [6.45, 7) is 5.59. The molecular weight excluding hydrogens is 299 g/mol. The van der Waals surface area contributed by atoms with Gasteiger partial charge in [0.2, 0.25) is 0 Å². The molecule has 0 aromatic heterocycles. The fraction of sp³-hybridized carbons (Fsp3) is 0.500. The Morgan fingerprint density at radius 3 is 2.90 bits per heavy atom. The molecule has 1 heterocycles. The van der Waals surface area contributed by atoms with Gasteiger partial charge >= 0.3 is 0 Å². The van der Waals surface area contributed by atoms with Crippen LogP contribution in [-0.2, 0) is 4.79 Å². The molecule has 0 bridgehead atoms. The van der Waals surface area contributed by atoms with E-state index >= 15 is 0 Å². The van der Waals surface area contributed by atoms with Gasteiger partial charge in [0.25, 0.3) is 5.91 Å². The first kappa shape index (κ1) is 15.4. The van der Waals surface area contributed by atoms with Crippen molar-refractivity contribution in [2.45, 2.75) is 25.9 Å². The fourth-order valence-electron chi connectivity index (χ4n) is 2.22. The van der Waals surface area contributed by atoms with Crippen molar-refractivity contribution < 1.29 is 9.53 Å². The third-order valence-electron chi connectivity index (χ3n) is 3.60. The van der Waals surface area contributed by atoms with Gasteiger partial charge < -0.3 is 15.0 Å². The standard InChI is InChI=1S/C14H18Cl2N2O2/c1-9-10(2)18(6-5-17-9)14(19)8-20-13-4-3-11(15)7-12(13)16/h3-4,7,9-10,17H,5-6,8H2,1-2H3. The normalized spacial score (nSPS) is 22.7. The summed E-state index contributed by atoms with van der Waals surface area (Å²) in [5, 5.41) is 4.28. The smallest absolute Gasteiger partial charge is 0.260 e. The number of nitrogens with one attached hydrogen (secondary N) is 1. The Morgan fingerprint density at radius 1 is 1.45 bits per heavy atom. The van der Waals surface area contributed by atoms with E-state index in [1.165, 1.54) is 0 Å². The Balaban J connectivity index is 1.94. The van der Waals surface area contributed by atoms with E-state index in [-0.39, 0.29) is 24.6 Å². The molecule has 6 heteroatoms. The minimum atomic E-state index is -0.0307. The van der Waals surface area contributed by atoms with Crippen LogP contribution in [0.3, 0.4) is 0 Å². The van der Waals surface area contributed by atoms with Crippen LogP contribution in [0.15, 0.2) is 18.2 Å². The number of hydrogen-bond acceptors (Lipinski definition) is 3. The summed E-state index contributed by atoms with van der Waals surface area (Å²) in [5.41, 5.74) is 0. The fourth-order valence-corrected chi connectivity index (χ4v) is 2.69. The molecule has 1 fully saturated rings. The molecule has 20 heavy (non-hydrogen) atoms. The van der Waals surface area contributed by atoms with Gasteiger partial charge in [-0.1, -0.05) is 23.2 Å². The van der Waals surface area contributed by atoms with E-state index in [1.54, 1.807) is 18.2 Å². The van der Waals surface area contributed by atoms with Gasteiger partial charge in [-0.2, -0.15) is 0 Å². The molecule has 2 unspecified atom stereocenters. The highest BCUT2D eigenvalue weighted by molar-refractivity contribution is 6.35. The Kier molecular flexibility index (Phi) is 5.13. The summed E-state index contributed by atoms with van der Waals surface area (Å²) >= 11 is 11.8. The van der Waals surface area contributed by atoms with Gasteiger partial charge in [0.1, 0.15) is 5.75 Å². The van der Waals surface area contributed by atoms with Crippen LogP contribution in [0, 0.1) is 0 Å². The average Bonchev–Trinajstić information content (AvgIpc) is 2.40. The summed E-state index contributed by atoms with van der Waals surface area (Å²) in [4.78, 5) is 14.0. The predicted octanol–water partition coefficient (Wildman–Crippen LogP) is 2.58. The van der Waals surface area contributed by atoms with Crippen molar-refractivity contribution in [2.24, 2.45) is 0 Å². The second-order valence-electron chi connectivity index (χ2n) is 4.93. The number of amides is 1. The molecule has 110 valence electrons. The van der Waals surface area contributed by atoms with Crippen LogP contribution >= 0.6 is 23.2 Å². The Morgan fingerprint density at radius 2 is 2.20 bits per heavy atom. The zero-order valence-corrected chi connectivity index (χ0v) is 13.0. The summed E-state index contributed by atoms with van der Waals surface area (Å²) in [5.74, 6) is 0.442. The third kappa shape index (κ3) is 3.57. The highest BCUT2D eigenvalue weighted by Crippen LogP contribution is 2.27. The van der Waals surface area contributed by atoms with Gasteiger partial charge in [0, 0.05) is 30.2 Å². The molecule has 0 aliphatic carbocycles. The van der Waals surface area contributed by atoms with Gasteiger partial charge in [0.15, 0.2) is 6.61 Å². The van der Waals surface area contributed by atoms with Crippen molar-refractivity contribution in [1.82, 2.24) is 10.2 Å². The lowest BCUT2D eigenvalue weighted by Gasteiger charge is -2.38. The Labute approximate surface area is 129 Å². The third-order valence-corrected chi connectivity index (χ3v) is 4.13. The largest absolute Gasteiger partial charge is 0.482 e. The molecule has 4 nitrogen and oxygen atoms in total. The molecule has 2 rings (SSSR count). The molecule has 1 amide bonds. The first-order valence-electron chi connectivity index (χ1n) is 6.59. The maximum atomic E-state index is 12.2. The van der Waals surface area contributed by atoms with E-state index in [0.29, 0.717) is 22.3 Å². The molecule has 1 saturated heterocycles. The number of hydrogen-bond donors (Lipinski definition) is 1. The zero-order valence-electron chi connectivity index (χ0n) is 11.5. The molecule has 1 aromatic carbocycles. The topological polar surface area (TPSA) is 41.6 Å². The number of piperazine rings is 1. The first-order chi connectivity index (χ1) is 9.49. The minimum absolute atomic E-state index is 0.0155. The molecule has 0 saturated carbocycles. The van der Waals surface area contributed by atoms with E-state index < -0.39 is 0 Å². The molecule has 0 spiro atoms. The monoisotopic (exact) mass is 316 g/mol. The molecule has 1 aromatic rings. The summed E-state index contributed by atoms with van der Waals surface area (Å²) in [6.07, 6.45) is 0. The number of benzene rings is 1. The lowest BCUT2D eigenvalue weighted by molar-refractivity contribution is -0.137. The van der Waals surface area contributed by atoms with Crippen molar-refractivity contribution in [2.75, 3.05) is 19.7 Å². The molecule has 0 radical (unpaired) electrons. The maximum Gasteiger partial charge on any atom is 0.260 e.